The maximum absolute atomic E-state index is 11.7. The van der Waals surface area contributed by atoms with Gasteiger partial charge in [-0.25, -0.2) is 13.2 Å². The molecule has 0 spiro atoms. The molecule has 17 heavy (non-hydrogen) atoms. The minimum atomic E-state index is -3.01. The fourth-order valence-electron chi connectivity index (χ4n) is 2.00. The van der Waals surface area contributed by atoms with Gasteiger partial charge in [-0.2, -0.15) is 0 Å². The highest BCUT2D eigenvalue weighted by Gasteiger charge is 2.33. The Labute approximate surface area is 105 Å². The summed E-state index contributed by atoms with van der Waals surface area (Å²) in [7, 11) is -3.01. The Bertz CT molecular complexity index is 490. The highest BCUT2D eigenvalue weighted by atomic mass is 32.2. The zero-order chi connectivity index (χ0) is 12.5. The minimum absolute atomic E-state index is 0.260. The molecule has 0 aliphatic heterocycles. The Balaban J connectivity index is 1.93. The van der Waals surface area contributed by atoms with Crippen LogP contribution in [-0.2, 0) is 14.6 Å². The summed E-state index contributed by atoms with van der Waals surface area (Å²) >= 11 is 1.33. The summed E-state index contributed by atoms with van der Waals surface area (Å²) in [6, 6.07) is 3.49. The molecule has 2 atom stereocenters. The van der Waals surface area contributed by atoms with E-state index in [1.54, 1.807) is 12.1 Å². The number of ether oxygens (including phenoxy) is 1. The van der Waals surface area contributed by atoms with Crippen molar-refractivity contribution in [3.8, 4) is 0 Å². The van der Waals surface area contributed by atoms with Crippen molar-refractivity contribution in [3.05, 3.63) is 22.4 Å². The lowest BCUT2D eigenvalue weighted by Crippen LogP contribution is -2.19. The maximum atomic E-state index is 11.7. The van der Waals surface area contributed by atoms with Crippen molar-refractivity contribution in [1.29, 1.82) is 0 Å². The molecule has 0 N–H and O–H groups in total. The first kappa shape index (κ1) is 12.6. The van der Waals surface area contributed by atoms with Gasteiger partial charge in [-0.3, -0.25) is 0 Å². The van der Waals surface area contributed by atoms with Crippen LogP contribution in [0.2, 0.25) is 0 Å². The highest BCUT2D eigenvalue weighted by molar-refractivity contribution is 7.91. The van der Waals surface area contributed by atoms with E-state index in [9.17, 15) is 13.2 Å². The Morgan fingerprint density at radius 3 is 2.76 bits per heavy atom. The molecule has 1 saturated carbocycles. The van der Waals surface area contributed by atoms with Crippen LogP contribution in [0.4, 0.5) is 0 Å². The Morgan fingerprint density at radius 2 is 2.24 bits per heavy atom. The van der Waals surface area contributed by atoms with Gasteiger partial charge in [-0.1, -0.05) is 6.07 Å². The van der Waals surface area contributed by atoms with Crippen molar-refractivity contribution >= 4 is 27.1 Å². The first-order valence-electron chi connectivity index (χ1n) is 5.40. The summed E-state index contributed by atoms with van der Waals surface area (Å²) < 4.78 is 28.0. The first-order valence-corrected chi connectivity index (χ1v) is 8.23. The number of carbonyl (C=O) groups is 1. The van der Waals surface area contributed by atoms with Gasteiger partial charge in [0.05, 0.1) is 5.25 Å². The minimum Gasteiger partial charge on any atom is -0.458 e. The highest BCUT2D eigenvalue weighted by Crippen LogP contribution is 2.28. The van der Waals surface area contributed by atoms with E-state index in [1.807, 2.05) is 5.38 Å². The SMILES string of the molecule is CS(=O)(=O)[C@H]1CC[C@H](OC(=O)c2cccs2)C1. The summed E-state index contributed by atoms with van der Waals surface area (Å²) in [6.45, 7) is 0. The average molecular weight is 274 g/mol. The third kappa shape index (κ3) is 3.07. The lowest BCUT2D eigenvalue weighted by molar-refractivity contribution is 0.0324. The number of carbonyl (C=O) groups excluding carboxylic acids is 1. The number of hydrogen-bond donors (Lipinski definition) is 0. The van der Waals surface area contributed by atoms with E-state index in [2.05, 4.69) is 0 Å². The molecule has 1 fully saturated rings. The zero-order valence-corrected chi connectivity index (χ0v) is 11.1. The summed E-state index contributed by atoms with van der Waals surface area (Å²) in [5.74, 6) is -0.348. The van der Waals surface area contributed by atoms with Crippen LogP contribution in [0.1, 0.15) is 28.9 Å². The van der Waals surface area contributed by atoms with Crippen molar-refractivity contribution in [2.45, 2.75) is 30.6 Å². The summed E-state index contributed by atoms with van der Waals surface area (Å²) in [4.78, 5) is 12.2. The Morgan fingerprint density at radius 1 is 1.47 bits per heavy atom. The molecule has 94 valence electrons. The van der Waals surface area contributed by atoms with Gasteiger partial charge >= 0.3 is 5.97 Å². The zero-order valence-electron chi connectivity index (χ0n) is 9.46. The molecule has 1 aromatic heterocycles. The van der Waals surface area contributed by atoms with Crippen LogP contribution in [-0.4, -0.2) is 32.0 Å². The van der Waals surface area contributed by atoms with Crippen LogP contribution in [0.5, 0.6) is 0 Å². The molecule has 1 heterocycles. The van der Waals surface area contributed by atoms with E-state index in [-0.39, 0.29) is 17.3 Å². The number of rotatable bonds is 3. The Hall–Kier alpha value is -0.880. The third-order valence-electron chi connectivity index (χ3n) is 2.94. The molecule has 0 aromatic carbocycles. The molecular weight excluding hydrogens is 260 g/mol. The molecule has 1 aliphatic rings. The molecule has 6 heteroatoms. The number of sulfone groups is 1. The van der Waals surface area contributed by atoms with E-state index in [0.29, 0.717) is 24.1 Å². The molecule has 1 aromatic rings. The third-order valence-corrected chi connectivity index (χ3v) is 5.43. The smallest absolute Gasteiger partial charge is 0.348 e. The molecule has 1 aliphatic carbocycles. The monoisotopic (exact) mass is 274 g/mol. The number of hydrogen-bond acceptors (Lipinski definition) is 5. The van der Waals surface area contributed by atoms with Crippen molar-refractivity contribution < 1.29 is 17.9 Å². The largest absolute Gasteiger partial charge is 0.458 e. The van der Waals surface area contributed by atoms with Gasteiger partial charge in [-0.15, -0.1) is 11.3 Å². The van der Waals surface area contributed by atoms with Crippen molar-refractivity contribution in [1.82, 2.24) is 0 Å². The predicted octanol–water partition coefficient (Wildman–Crippen LogP) is 1.87. The molecule has 2 rings (SSSR count). The molecule has 0 unspecified atom stereocenters. The van der Waals surface area contributed by atoms with Gasteiger partial charge in [-0.05, 0) is 24.3 Å². The first-order chi connectivity index (χ1) is 7.97. The van der Waals surface area contributed by atoms with Crippen LogP contribution in [0.25, 0.3) is 0 Å². The summed E-state index contributed by atoms with van der Waals surface area (Å²) in [5, 5.41) is 1.45. The number of thiophene rings is 1. The van der Waals surface area contributed by atoms with Gasteiger partial charge in [0.1, 0.15) is 20.8 Å². The normalized spacial score (nSPS) is 24.8. The second-order valence-electron chi connectivity index (χ2n) is 4.27. The van der Waals surface area contributed by atoms with Gasteiger partial charge in [0.2, 0.25) is 0 Å². The fourth-order valence-corrected chi connectivity index (χ4v) is 3.73. The van der Waals surface area contributed by atoms with E-state index >= 15 is 0 Å². The van der Waals surface area contributed by atoms with Crippen LogP contribution in [0.3, 0.4) is 0 Å². The van der Waals surface area contributed by atoms with Gasteiger partial charge in [0.15, 0.2) is 0 Å². The van der Waals surface area contributed by atoms with Crippen molar-refractivity contribution in [3.63, 3.8) is 0 Å². The summed E-state index contributed by atoms with van der Waals surface area (Å²) in [6.07, 6.45) is 2.62. The molecule has 0 bridgehead atoms. The number of esters is 1. The van der Waals surface area contributed by atoms with Gasteiger partial charge in [0.25, 0.3) is 0 Å². The molecule has 0 amide bonds. The van der Waals surface area contributed by atoms with Gasteiger partial charge < -0.3 is 4.74 Å². The second kappa shape index (κ2) is 4.78. The van der Waals surface area contributed by atoms with Gasteiger partial charge in [0, 0.05) is 12.7 Å². The van der Waals surface area contributed by atoms with E-state index < -0.39 is 9.84 Å². The second-order valence-corrected chi connectivity index (χ2v) is 7.54. The molecule has 4 nitrogen and oxygen atoms in total. The van der Waals surface area contributed by atoms with Crippen molar-refractivity contribution in [2.24, 2.45) is 0 Å². The lowest BCUT2D eigenvalue weighted by Gasteiger charge is -2.11. The van der Waals surface area contributed by atoms with Crippen LogP contribution in [0.15, 0.2) is 17.5 Å². The predicted molar refractivity (Wildman–Crippen MR) is 66.0 cm³/mol. The van der Waals surface area contributed by atoms with E-state index in [4.69, 9.17) is 4.74 Å². The van der Waals surface area contributed by atoms with Crippen LogP contribution < -0.4 is 0 Å². The van der Waals surface area contributed by atoms with Crippen molar-refractivity contribution in [2.75, 3.05) is 6.26 Å². The lowest BCUT2D eigenvalue weighted by atomic mass is 10.3. The standard InChI is InChI=1S/C11H14O4S2/c1-17(13,14)9-5-4-8(7-9)15-11(12)10-3-2-6-16-10/h2-3,6,8-9H,4-5,7H2,1H3/t8-,9-/m0/s1. The van der Waals surface area contributed by atoms with E-state index in [1.165, 1.54) is 17.6 Å². The maximum Gasteiger partial charge on any atom is 0.348 e. The van der Waals surface area contributed by atoms with E-state index in [0.717, 1.165) is 0 Å². The van der Waals surface area contributed by atoms with Crippen LogP contribution >= 0.6 is 11.3 Å². The molecule has 0 radical (unpaired) electrons. The van der Waals surface area contributed by atoms with Crippen LogP contribution in [0, 0.1) is 0 Å². The Kier molecular flexibility index (Phi) is 3.53. The quantitative estimate of drug-likeness (QED) is 0.789. The molecular formula is C11H14O4S2. The fraction of sp³-hybridized carbons (Fsp3) is 0.545. The molecule has 0 saturated heterocycles. The topological polar surface area (TPSA) is 60.4 Å². The average Bonchev–Trinajstić information content (AvgIpc) is 2.85. The summed E-state index contributed by atoms with van der Waals surface area (Å²) in [5.41, 5.74) is 0.